The van der Waals surface area contributed by atoms with Crippen molar-refractivity contribution in [2.45, 2.75) is 12.4 Å². The molecule has 0 unspecified atom stereocenters. The van der Waals surface area contributed by atoms with E-state index in [0.717, 1.165) is 64.6 Å². The second kappa shape index (κ2) is 10.5. The van der Waals surface area contributed by atoms with Gasteiger partial charge >= 0.3 is 12.4 Å². The number of thiophene rings is 2. The average molecular weight is 681 g/mol. The molecule has 8 aromatic rings. The predicted octanol–water partition coefficient (Wildman–Crippen LogP) is 10.6. The van der Waals surface area contributed by atoms with E-state index >= 15 is 0 Å². The quantitative estimate of drug-likeness (QED) is 0.135. The third-order valence-electron chi connectivity index (χ3n) is 8.46. The van der Waals surface area contributed by atoms with Gasteiger partial charge in [0.2, 0.25) is 12.4 Å². The molecular weight excluding hydrogens is 667 g/mol. The van der Waals surface area contributed by atoms with Crippen molar-refractivity contribution in [1.82, 2.24) is 0 Å². The minimum absolute atomic E-state index is 0.472. The Kier molecular flexibility index (Phi) is 6.51. The molecule has 0 aliphatic carbocycles. The maximum Gasteiger partial charge on any atom is 0.416 e. The normalized spacial score (nSPS) is 13.4. The summed E-state index contributed by atoms with van der Waals surface area (Å²) in [6.07, 6.45) is -5.11. The molecule has 0 N–H and O–H groups in total. The zero-order valence-corrected chi connectivity index (χ0v) is 25.6. The second-order valence-electron chi connectivity index (χ2n) is 11.1. The molecular formula is C36H14F6N4S2. The van der Waals surface area contributed by atoms with Gasteiger partial charge in [-0.25, -0.2) is 0 Å². The van der Waals surface area contributed by atoms with Crippen LogP contribution in [0.1, 0.15) is 11.1 Å². The van der Waals surface area contributed by atoms with Gasteiger partial charge in [0.15, 0.2) is 0 Å². The van der Waals surface area contributed by atoms with Gasteiger partial charge in [-0.15, -0.1) is 22.7 Å². The lowest BCUT2D eigenvalue weighted by molar-refractivity contribution is -0.138. The van der Waals surface area contributed by atoms with E-state index in [1.165, 1.54) is 46.9 Å². The zero-order chi connectivity index (χ0) is 33.5. The van der Waals surface area contributed by atoms with Crippen molar-refractivity contribution in [1.29, 1.82) is 10.5 Å². The molecule has 48 heavy (non-hydrogen) atoms. The van der Waals surface area contributed by atoms with Gasteiger partial charge < -0.3 is 0 Å². The Balaban J connectivity index is 1.33. The summed E-state index contributed by atoms with van der Waals surface area (Å²) in [6.45, 7) is 0. The van der Waals surface area contributed by atoms with Crippen LogP contribution in [0.25, 0.3) is 73.4 Å². The molecule has 0 atom stereocenters. The summed E-state index contributed by atoms with van der Waals surface area (Å²) in [5.41, 5.74) is 1.03. The third kappa shape index (κ3) is 4.48. The SMILES string of the molecule is N#CN=c1c2cc(-c3ccc(C(F)(F)F)cc3)ccc2c2c1sc1c2sc2c(=NC#N)c3cc(-c4ccc(C(F)(F)F)cc4)ccc3c21. The number of nitriles is 2. The fourth-order valence-electron chi connectivity index (χ4n) is 6.30. The van der Waals surface area contributed by atoms with Crippen LogP contribution in [-0.4, -0.2) is 0 Å². The molecule has 8 rings (SSSR count). The molecule has 6 aromatic carbocycles. The first-order chi connectivity index (χ1) is 23.0. The molecule has 0 aliphatic rings. The number of fused-ring (bicyclic) bond motifs is 9. The van der Waals surface area contributed by atoms with Crippen molar-refractivity contribution in [3.63, 3.8) is 0 Å². The largest absolute Gasteiger partial charge is 0.416 e. The number of halogens is 6. The summed E-state index contributed by atoms with van der Waals surface area (Å²) >= 11 is 2.91. The number of rotatable bonds is 2. The van der Waals surface area contributed by atoms with Crippen molar-refractivity contribution < 1.29 is 26.3 Å². The number of benzene rings is 4. The van der Waals surface area contributed by atoms with Crippen LogP contribution < -0.4 is 10.7 Å². The molecule has 232 valence electrons. The number of hydrogen-bond acceptors (Lipinski definition) is 6. The predicted molar refractivity (Wildman–Crippen MR) is 175 cm³/mol. The number of hydrogen-bond donors (Lipinski definition) is 0. The van der Waals surface area contributed by atoms with Gasteiger partial charge in [0.25, 0.3) is 0 Å². The smallest absolute Gasteiger partial charge is 0.172 e. The minimum Gasteiger partial charge on any atom is -0.172 e. The standard InChI is InChI=1S/C36H14F6N4S2/c37-35(38,39)21-7-1-17(2-8-21)19-5-11-23-25(13-19)29(45-15-43)31-27(23)33-34(47-31)28-24-12-6-20(14-26(24)30(46-16-44)32(28)48-33)18-3-9-22(10-4-18)36(40,41)42/h1-14H. The first kappa shape index (κ1) is 29.8. The number of nitrogens with zero attached hydrogens (tertiary/aromatic N) is 4. The van der Waals surface area contributed by atoms with Crippen LogP contribution in [0, 0.1) is 22.9 Å². The molecule has 12 heteroatoms. The Morgan fingerprint density at radius 2 is 0.812 bits per heavy atom. The van der Waals surface area contributed by atoms with Crippen molar-refractivity contribution in [2.24, 2.45) is 9.98 Å². The Bertz CT molecular complexity index is 2620. The first-order valence-electron chi connectivity index (χ1n) is 14.2. The highest BCUT2D eigenvalue weighted by Crippen LogP contribution is 2.48. The van der Waals surface area contributed by atoms with Gasteiger partial charge in [-0.05, 0) is 69.4 Å². The van der Waals surface area contributed by atoms with Gasteiger partial charge in [-0.3, -0.25) is 0 Å². The lowest BCUT2D eigenvalue weighted by atomic mass is 10.0. The molecule has 0 amide bonds. The molecule has 2 heterocycles. The maximum absolute atomic E-state index is 13.1. The summed E-state index contributed by atoms with van der Waals surface area (Å²) in [5.74, 6) is 0. The second-order valence-corrected chi connectivity index (χ2v) is 13.1. The maximum atomic E-state index is 13.1. The highest BCUT2D eigenvalue weighted by atomic mass is 32.1. The minimum atomic E-state index is -4.45. The van der Waals surface area contributed by atoms with Gasteiger partial charge in [0, 0.05) is 21.5 Å². The van der Waals surface area contributed by atoms with Crippen LogP contribution in [0.3, 0.4) is 0 Å². The fraction of sp³-hybridized carbons (Fsp3) is 0.0556. The van der Waals surface area contributed by atoms with Gasteiger partial charge in [-0.1, -0.05) is 48.5 Å². The lowest BCUT2D eigenvalue weighted by Crippen LogP contribution is -2.04. The van der Waals surface area contributed by atoms with Crippen LogP contribution in [0.5, 0.6) is 0 Å². The van der Waals surface area contributed by atoms with E-state index < -0.39 is 23.5 Å². The van der Waals surface area contributed by atoms with Gasteiger partial charge in [0.05, 0.1) is 29.9 Å². The van der Waals surface area contributed by atoms with Crippen molar-refractivity contribution in [2.75, 3.05) is 0 Å². The Morgan fingerprint density at radius 3 is 1.15 bits per heavy atom. The van der Waals surface area contributed by atoms with E-state index in [0.29, 0.717) is 43.7 Å². The summed E-state index contributed by atoms with van der Waals surface area (Å²) < 4.78 is 82.2. The zero-order valence-electron chi connectivity index (χ0n) is 24.0. The molecule has 0 saturated heterocycles. The van der Waals surface area contributed by atoms with Crippen LogP contribution >= 0.6 is 22.7 Å². The molecule has 0 aliphatic heterocycles. The molecule has 0 radical (unpaired) electrons. The fourth-order valence-corrected chi connectivity index (χ4v) is 9.24. The van der Waals surface area contributed by atoms with E-state index in [2.05, 4.69) is 9.98 Å². The summed E-state index contributed by atoms with van der Waals surface area (Å²) in [7, 11) is 0. The Labute approximate surface area is 273 Å². The average Bonchev–Trinajstić information content (AvgIpc) is 3.77. The summed E-state index contributed by atoms with van der Waals surface area (Å²) in [4.78, 5) is 8.32. The van der Waals surface area contributed by atoms with E-state index in [-0.39, 0.29) is 0 Å². The Hall–Kier alpha value is -5.56. The van der Waals surface area contributed by atoms with Crippen LogP contribution in [-0.2, 0) is 12.4 Å². The summed E-state index contributed by atoms with van der Waals surface area (Å²) in [5, 5.41) is 25.0. The van der Waals surface area contributed by atoms with E-state index in [1.807, 2.05) is 48.8 Å². The highest BCUT2D eigenvalue weighted by Gasteiger charge is 2.31. The number of alkyl halides is 6. The van der Waals surface area contributed by atoms with Crippen molar-refractivity contribution in [3.05, 3.63) is 107 Å². The monoisotopic (exact) mass is 680 g/mol. The lowest BCUT2D eigenvalue weighted by Gasteiger charge is -2.08. The highest BCUT2D eigenvalue weighted by molar-refractivity contribution is 7.37. The molecule has 0 saturated carbocycles. The van der Waals surface area contributed by atoms with Crippen LogP contribution in [0.15, 0.2) is 94.9 Å². The van der Waals surface area contributed by atoms with E-state index in [1.54, 1.807) is 0 Å². The van der Waals surface area contributed by atoms with Gasteiger partial charge in [-0.2, -0.15) is 46.9 Å². The topological polar surface area (TPSA) is 72.3 Å². The van der Waals surface area contributed by atoms with Crippen molar-refractivity contribution in [3.8, 4) is 34.6 Å². The molecule has 0 fully saturated rings. The molecule has 2 aromatic heterocycles. The van der Waals surface area contributed by atoms with E-state index in [4.69, 9.17) is 0 Å². The molecule has 0 spiro atoms. The Morgan fingerprint density at radius 1 is 0.458 bits per heavy atom. The summed E-state index contributed by atoms with van der Waals surface area (Å²) in [6, 6.07) is 20.8. The van der Waals surface area contributed by atoms with Crippen LogP contribution in [0.4, 0.5) is 26.3 Å². The molecule has 0 bridgehead atoms. The van der Waals surface area contributed by atoms with Gasteiger partial charge in [0.1, 0.15) is 10.7 Å². The van der Waals surface area contributed by atoms with Crippen LogP contribution in [0.2, 0.25) is 0 Å². The third-order valence-corrected chi connectivity index (χ3v) is 11.0. The van der Waals surface area contributed by atoms with E-state index in [9.17, 15) is 36.9 Å². The first-order valence-corrected chi connectivity index (χ1v) is 15.8. The molecule has 4 nitrogen and oxygen atoms in total. The van der Waals surface area contributed by atoms with Crippen molar-refractivity contribution >= 4 is 73.8 Å².